The van der Waals surface area contributed by atoms with Gasteiger partial charge in [-0.15, -0.1) is 0 Å². The number of amides is 1. The van der Waals surface area contributed by atoms with Crippen molar-refractivity contribution in [3.8, 4) is 0 Å². The summed E-state index contributed by atoms with van der Waals surface area (Å²) in [6, 6.07) is 2.09. The highest BCUT2D eigenvalue weighted by atomic mass is 16.2. The SMILES string of the molecule is CCNC1CC2CCCC(C1)N2CCC(=O)N(CC)CC. The summed E-state index contributed by atoms with van der Waals surface area (Å²) in [6.45, 7) is 10.0. The molecular formula is C17H33N3O. The van der Waals surface area contributed by atoms with Crippen LogP contribution in [0.2, 0.25) is 0 Å². The number of rotatable bonds is 7. The Bertz CT molecular complexity index is 316. The molecule has 1 amide bonds. The Morgan fingerprint density at radius 2 is 1.76 bits per heavy atom. The van der Waals surface area contributed by atoms with E-state index in [0.29, 0.717) is 30.5 Å². The Labute approximate surface area is 130 Å². The minimum atomic E-state index is 0.326. The van der Waals surface area contributed by atoms with Crippen molar-refractivity contribution < 1.29 is 4.79 Å². The second-order valence-corrected chi connectivity index (χ2v) is 6.52. The van der Waals surface area contributed by atoms with E-state index < -0.39 is 0 Å². The van der Waals surface area contributed by atoms with Crippen molar-refractivity contribution in [2.24, 2.45) is 0 Å². The molecule has 2 fully saturated rings. The monoisotopic (exact) mass is 295 g/mol. The molecule has 0 radical (unpaired) electrons. The van der Waals surface area contributed by atoms with Gasteiger partial charge in [-0.1, -0.05) is 13.3 Å². The van der Waals surface area contributed by atoms with Crippen LogP contribution < -0.4 is 5.32 Å². The van der Waals surface area contributed by atoms with Crippen molar-refractivity contribution in [1.82, 2.24) is 15.1 Å². The second kappa shape index (κ2) is 8.14. The fraction of sp³-hybridized carbons (Fsp3) is 0.941. The molecule has 2 aliphatic rings. The van der Waals surface area contributed by atoms with Crippen LogP contribution in [-0.2, 0) is 4.79 Å². The Hall–Kier alpha value is -0.610. The average molecular weight is 295 g/mol. The van der Waals surface area contributed by atoms with Crippen LogP contribution in [0.4, 0.5) is 0 Å². The first kappa shape index (κ1) is 16.8. The minimum Gasteiger partial charge on any atom is -0.343 e. The molecule has 4 nitrogen and oxygen atoms in total. The zero-order valence-corrected chi connectivity index (χ0v) is 14.1. The van der Waals surface area contributed by atoms with E-state index >= 15 is 0 Å². The Balaban J connectivity index is 1.87. The van der Waals surface area contributed by atoms with Crippen LogP contribution in [0.3, 0.4) is 0 Å². The first-order chi connectivity index (χ1) is 10.2. The van der Waals surface area contributed by atoms with Gasteiger partial charge in [0.2, 0.25) is 5.91 Å². The summed E-state index contributed by atoms with van der Waals surface area (Å²) in [5.41, 5.74) is 0. The molecule has 2 aliphatic heterocycles. The first-order valence-electron chi connectivity index (χ1n) is 8.96. The van der Waals surface area contributed by atoms with Crippen molar-refractivity contribution in [3.63, 3.8) is 0 Å². The van der Waals surface area contributed by atoms with Crippen molar-refractivity contribution in [3.05, 3.63) is 0 Å². The Kier molecular flexibility index (Phi) is 6.49. The van der Waals surface area contributed by atoms with E-state index in [1.807, 2.05) is 4.90 Å². The van der Waals surface area contributed by atoms with Crippen molar-refractivity contribution in [2.45, 2.75) is 77.4 Å². The molecule has 4 heteroatoms. The van der Waals surface area contributed by atoms with Crippen LogP contribution in [0.5, 0.6) is 0 Å². The molecule has 2 heterocycles. The van der Waals surface area contributed by atoms with Gasteiger partial charge in [-0.05, 0) is 46.1 Å². The van der Waals surface area contributed by atoms with Gasteiger partial charge in [0.15, 0.2) is 0 Å². The van der Waals surface area contributed by atoms with Crippen molar-refractivity contribution in [2.75, 3.05) is 26.2 Å². The Morgan fingerprint density at radius 1 is 1.14 bits per heavy atom. The van der Waals surface area contributed by atoms with E-state index in [9.17, 15) is 4.79 Å². The summed E-state index contributed by atoms with van der Waals surface area (Å²) in [5.74, 6) is 0.326. The largest absolute Gasteiger partial charge is 0.343 e. The summed E-state index contributed by atoms with van der Waals surface area (Å²) >= 11 is 0. The third-order valence-corrected chi connectivity index (χ3v) is 5.32. The van der Waals surface area contributed by atoms with E-state index in [-0.39, 0.29) is 0 Å². The maximum atomic E-state index is 12.2. The lowest BCUT2D eigenvalue weighted by atomic mass is 9.81. The standard InChI is InChI=1S/C17H33N3O/c1-4-18-14-12-15-8-7-9-16(13-14)20(15)11-10-17(21)19(5-2)6-3/h14-16,18H,4-13H2,1-3H3. The van der Waals surface area contributed by atoms with Crippen molar-refractivity contribution in [1.29, 1.82) is 0 Å². The molecule has 0 saturated carbocycles. The normalized spacial score (nSPS) is 29.4. The highest BCUT2D eigenvalue weighted by Gasteiger charge is 2.37. The first-order valence-corrected chi connectivity index (χ1v) is 8.96. The average Bonchev–Trinajstić information content (AvgIpc) is 2.46. The summed E-state index contributed by atoms with van der Waals surface area (Å²) < 4.78 is 0. The summed E-state index contributed by atoms with van der Waals surface area (Å²) in [7, 11) is 0. The van der Waals surface area contributed by atoms with Gasteiger partial charge in [0.1, 0.15) is 0 Å². The lowest BCUT2D eigenvalue weighted by molar-refractivity contribution is -0.131. The lowest BCUT2D eigenvalue weighted by Gasteiger charge is -2.49. The molecule has 21 heavy (non-hydrogen) atoms. The summed E-state index contributed by atoms with van der Waals surface area (Å²) in [4.78, 5) is 16.8. The fourth-order valence-corrected chi connectivity index (χ4v) is 4.26. The molecule has 2 unspecified atom stereocenters. The number of hydrogen-bond donors (Lipinski definition) is 1. The topological polar surface area (TPSA) is 35.6 Å². The molecule has 122 valence electrons. The van der Waals surface area contributed by atoms with E-state index in [0.717, 1.165) is 26.2 Å². The predicted octanol–water partition coefficient (Wildman–Crippen LogP) is 2.24. The van der Waals surface area contributed by atoms with Gasteiger partial charge in [-0.25, -0.2) is 0 Å². The number of piperidine rings is 2. The molecule has 2 rings (SSSR count). The number of nitrogens with one attached hydrogen (secondary N) is 1. The van der Waals surface area contributed by atoms with Gasteiger partial charge < -0.3 is 10.2 Å². The number of hydrogen-bond acceptors (Lipinski definition) is 3. The number of fused-ring (bicyclic) bond motifs is 2. The van der Waals surface area contributed by atoms with Crippen molar-refractivity contribution >= 4 is 5.91 Å². The third-order valence-electron chi connectivity index (χ3n) is 5.32. The van der Waals surface area contributed by atoms with E-state index in [1.165, 1.54) is 32.1 Å². The maximum Gasteiger partial charge on any atom is 0.223 e. The van der Waals surface area contributed by atoms with Gasteiger partial charge in [-0.3, -0.25) is 9.69 Å². The van der Waals surface area contributed by atoms with E-state index in [1.54, 1.807) is 0 Å². The van der Waals surface area contributed by atoms with Gasteiger partial charge >= 0.3 is 0 Å². The van der Waals surface area contributed by atoms with Crippen LogP contribution in [0, 0.1) is 0 Å². The van der Waals surface area contributed by atoms with Crippen LogP contribution in [0.15, 0.2) is 0 Å². The van der Waals surface area contributed by atoms with E-state index in [2.05, 4.69) is 31.0 Å². The van der Waals surface area contributed by atoms with Crippen LogP contribution >= 0.6 is 0 Å². The second-order valence-electron chi connectivity index (χ2n) is 6.52. The molecule has 2 saturated heterocycles. The molecule has 0 aromatic heterocycles. The molecule has 0 aromatic carbocycles. The van der Waals surface area contributed by atoms with Gasteiger partial charge in [0.25, 0.3) is 0 Å². The molecule has 2 bridgehead atoms. The lowest BCUT2D eigenvalue weighted by Crippen LogP contribution is -2.56. The zero-order valence-electron chi connectivity index (χ0n) is 14.1. The third kappa shape index (κ3) is 4.19. The van der Waals surface area contributed by atoms with Gasteiger partial charge in [0.05, 0.1) is 0 Å². The quantitative estimate of drug-likeness (QED) is 0.782. The highest BCUT2D eigenvalue weighted by Crippen LogP contribution is 2.34. The maximum absolute atomic E-state index is 12.2. The predicted molar refractivity (Wildman–Crippen MR) is 87.4 cm³/mol. The highest BCUT2D eigenvalue weighted by molar-refractivity contribution is 5.76. The fourth-order valence-electron chi connectivity index (χ4n) is 4.26. The minimum absolute atomic E-state index is 0.326. The number of nitrogens with zero attached hydrogens (tertiary/aromatic N) is 2. The molecule has 1 N–H and O–H groups in total. The molecule has 0 aromatic rings. The van der Waals surface area contributed by atoms with Gasteiger partial charge in [0, 0.05) is 44.2 Å². The summed E-state index contributed by atoms with van der Waals surface area (Å²) in [6.07, 6.45) is 7.23. The summed E-state index contributed by atoms with van der Waals surface area (Å²) in [5, 5.41) is 3.63. The van der Waals surface area contributed by atoms with Crippen LogP contribution in [-0.4, -0.2) is 60.0 Å². The van der Waals surface area contributed by atoms with Gasteiger partial charge in [-0.2, -0.15) is 0 Å². The van der Waals surface area contributed by atoms with Crippen LogP contribution in [0.25, 0.3) is 0 Å². The zero-order chi connectivity index (χ0) is 15.2. The number of carbonyl (C=O) groups is 1. The smallest absolute Gasteiger partial charge is 0.223 e. The number of carbonyl (C=O) groups excluding carboxylic acids is 1. The Morgan fingerprint density at radius 3 is 2.29 bits per heavy atom. The van der Waals surface area contributed by atoms with E-state index in [4.69, 9.17) is 0 Å². The molecule has 2 atom stereocenters. The van der Waals surface area contributed by atoms with Crippen LogP contribution in [0.1, 0.15) is 59.3 Å². The molecule has 0 aliphatic carbocycles. The molecular weight excluding hydrogens is 262 g/mol. The molecule has 0 spiro atoms.